The molecule has 0 spiro atoms. The van der Waals surface area contributed by atoms with E-state index in [0.717, 1.165) is 4.90 Å². The van der Waals surface area contributed by atoms with Crippen molar-refractivity contribution in [1.29, 1.82) is 0 Å². The zero-order valence-corrected chi connectivity index (χ0v) is 14.1. The molecule has 2 rings (SSSR count). The van der Waals surface area contributed by atoms with Gasteiger partial charge in [0.15, 0.2) is 6.10 Å². The first-order valence-corrected chi connectivity index (χ1v) is 8.30. The lowest BCUT2D eigenvalue weighted by Crippen LogP contribution is -2.59. The smallest absolute Gasteiger partial charge is 0.303 e. The van der Waals surface area contributed by atoms with Gasteiger partial charge in [-0.3, -0.25) is 9.59 Å². The predicted octanol–water partition coefficient (Wildman–Crippen LogP) is 0.720. The maximum atomic E-state index is 11.2. The Labute approximate surface area is 143 Å². The lowest BCUT2D eigenvalue weighted by molar-refractivity contribution is -0.222. The van der Waals surface area contributed by atoms with E-state index in [4.69, 9.17) is 14.2 Å². The average molecular weight is 356 g/mol. The first-order valence-electron chi connectivity index (χ1n) is 7.42. The van der Waals surface area contributed by atoms with Crippen LogP contribution in [0.5, 0.6) is 0 Å². The first kappa shape index (κ1) is 18.7. The summed E-state index contributed by atoms with van der Waals surface area (Å²) < 4.78 is 15.7. The lowest BCUT2D eigenvalue weighted by atomic mass is 10.00. The highest BCUT2D eigenvalue weighted by Crippen LogP contribution is 2.34. The highest BCUT2D eigenvalue weighted by Gasteiger charge is 2.47. The van der Waals surface area contributed by atoms with Crippen LogP contribution in [-0.4, -0.2) is 58.6 Å². The standard InChI is InChI=1S/C16H20O7S/c1-9(17)21-8-12-15(22-10(2)18)13(19)14(20)16(23-12)24-11-6-4-3-5-7-11/h3-7,12-16,19-20H,8H2,1-2H3/t12-,13-,14+,15-,16+/m1/s1. The summed E-state index contributed by atoms with van der Waals surface area (Å²) in [6, 6.07) is 9.22. The van der Waals surface area contributed by atoms with E-state index in [2.05, 4.69) is 0 Å². The van der Waals surface area contributed by atoms with Crippen LogP contribution in [0.3, 0.4) is 0 Å². The number of hydrogen-bond acceptors (Lipinski definition) is 8. The molecular weight excluding hydrogens is 336 g/mol. The van der Waals surface area contributed by atoms with E-state index in [1.165, 1.54) is 25.6 Å². The second kappa shape index (κ2) is 8.48. The molecule has 24 heavy (non-hydrogen) atoms. The summed E-state index contributed by atoms with van der Waals surface area (Å²) in [6.45, 7) is 2.24. The van der Waals surface area contributed by atoms with Crippen molar-refractivity contribution < 1.29 is 34.0 Å². The molecule has 1 aromatic rings. The van der Waals surface area contributed by atoms with E-state index in [1.54, 1.807) is 0 Å². The molecule has 1 aliphatic heterocycles. The maximum Gasteiger partial charge on any atom is 0.303 e. The normalized spacial score (nSPS) is 29.8. The van der Waals surface area contributed by atoms with Crippen LogP contribution in [0.15, 0.2) is 35.2 Å². The van der Waals surface area contributed by atoms with Gasteiger partial charge in [0.25, 0.3) is 0 Å². The number of aliphatic hydroxyl groups is 2. The van der Waals surface area contributed by atoms with Gasteiger partial charge in [-0.2, -0.15) is 0 Å². The van der Waals surface area contributed by atoms with Gasteiger partial charge in [-0.05, 0) is 12.1 Å². The first-order chi connectivity index (χ1) is 11.4. The molecular formula is C16H20O7S. The minimum Gasteiger partial charge on any atom is -0.463 e. The van der Waals surface area contributed by atoms with Crippen LogP contribution in [0.25, 0.3) is 0 Å². The summed E-state index contributed by atoms with van der Waals surface area (Å²) in [7, 11) is 0. The summed E-state index contributed by atoms with van der Waals surface area (Å²) >= 11 is 1.22. The van der Waals surface area contributed by atoms with Crippen LogP contribution in [0, 0.1) is 0 Å². The molecule has 1 saturated heterocycles. The van der Waals surface area contributed by atoms with Gasteiger partial charge in [0.2, 0.25) is 0 Å². The Kier molecular flexibility index (Phi) is 6.61. The summed E-state index contributed by atoms with van der Waals surface area (Å²) in [5, 5.41) is 20.6. The van der Waals surface area contributed by atoms with Gasteiger partial charge in [-0.25, -0.2) is 0 Å². The number of carbonyl (C=O) groups is 2. The van der Waals surface area contributed by atoms with Gasteiger partial charge in [0.05, 0.1) is 0 Å². The fourth-order valence-electron chi connectivity index (χ4n) is 2.31. The van der Waals surface area contributed by atoms with Gasteiger partial charge >= 0.3 is 11.9 Å². The highest BCUT2D eigenvalue weighted by molar-refractivity contribution is 7.99. The molecule has 1 heterocycles. The van der Waals surface area contributed by atoms with Gasteiger partial charge < -0.3 is 24.4 Å². The third-order valence-electron chi connectivity index (χ3n) is 3.39. The molecule has 0 amide bonds. The molecule has 0 aliphatic carbocycles. The Balaban J connectivity index is 2.13. The molecule has 0 unspecified atom stereocenters. The molecule has 2 N–H and O–H groups in total. The summed E-state index contributed by atoms with van der Waals surface area (Å²) in [4.78, 5) is 23.1. The minimum absolute atomic E-state index is 0.192. The second-order valence-corrected chi connectivity index (χ2v) is 6.50. The van der Waals surface area contributed by atoms with Gasteiger partial charge in [-0.15, -0.1) is 0 Å². The molecule has 0 bridgehead atoms. The fourth-order valence-corrected chi connectivity index (χ4v) is 3.39. The number of carbonyl (C=O) groups excluding carboxylic acids is 2. The maximum absolute atomic E-state index is 11.2. The SMILES string of the molecule is CC(=O)OC[C@H]1O[C@@H](Sc2ccccc2)[C@@H](O)[C@@H](O)[C@@H]1OC(C)=O. The van der Waals surface area contributed by atoms with Crippen molar-refractivity contribution >= 4 is 23.7 Å². The van der Waals surface area contributed by atoms with Crippen molar-refractivity contribution in [2.45, 2.75) is 48.6 Å². The molecule has 5 atom stereocenters. The van der Waals surface area contributed by atoms with Gasteiger partial charge in [-0.1, -0.05) is 30.0 Å². The number of thioether (sulfide) groups is 1. The summed E-state index contributed by atoms with van der Waals surface area (Å²) in [5.41, 5.74) is -0.797. The number of aliphatic hydroxyl groups excluding tert-OH is 2. The highest BCUT2D eigenvalue weighted by atomic mass is 32.2. The number of hydrogen-bond donors (Lipinski definition) is 2. The van der Waals surface area contributed by atoms with Crippen LogP contribution < -0.4 is 0 Å². The van der Waals surface area contributed by atoms with Crippen LogP contribution in [0.4, 0.5) is 0 Å². The largest absolute Gasteiger partial charge is 0.463 e. The summed E-state index contributed by atoms with van der Waals surface area (Å²) in [6.07, 6.45) is -4.63. The van der Waals surface area contributed by atoms with E-state index in [-0.39, 0.29) is 6.61 Å². The zero-order valence-electron chi connectivity index (χ0n) is 13.3. The van der Waals surface area contributed by atoms with E-state index < -0.39 is 41.8 Å². The van der Waals surface area contributed by atoms with Crippen molar-refractivity contribution in [3.8, 4) is 0 Å². The number of rotatable bonds is 5. The Morgan fingerprint density at radius 1 is 1.12 bits per heavy atom. The van der Waals surface area contributed by atoms with Crippen molar-refractivity contribution in [2.75, 3.05) is 6.61 Å². The second-order valence-electron chi connectivity index (χ2n) is 5.33. The van der Waals surface area contributed by atoms with Crippen LogP contribution in [0.2, 0.25) is 0 Å². The minimum atomic E-state index is -1.36. The number of benzene rings is 1. The van der Waals surface area contributed by atoms with Crippen LogP contribution >= 0.6 is 11.8 Å². The van der Waals surface area contributed by atoms with E-state index in [1.807, 2.05) is 30.3 Å². The van der Waals surface area contributed by atoms with Crippen molar-refractivity contribution in [2.24, 2.45) is 0 Å². The molecule has 1 aliphatic rings. The van der Waals surface area contributed by atoms with E-state index >= 15 is 0 Å². The summed E-state index contributed by atoms with van der Waals surface area (Å²) in [5.74, 6) is -1.15. The van der Waals surface area contributed by atoms with Crippen LogP contribution in [0.1, 0.15) is 13.8 Å². The molecule has 7 nitrogen and oxygen atoms in total. The Bertz CT molecular complexity index is 565. The van der Waals surface area contributed by atoms with Crippen LogP contribution in [-0.2, 0) is 23.8 Å². The number of esters is 2. The van der Waals surface area contributed by atoms with Crippen molar-refractivity contribution in [1.82, 2.24) is 0 Å². The van der Waals surface area contributed by atoms with E-state index in [0.29, 0.717) is 0 Å². The quantitative estimate of drug-likeness (QED) is 0.744. The Morgan fingerprint density at radius 2 is 1.79 bits per heavy atom. The molecule has 132 valence electrons. The van der Waals surface area contributed by atoms with Crippen molar-refractivity contribution in [3.63, 3.8) is 0 Å². The van der Waals surface area contributed by atoms with Gasteiger partial charge in [0.1, 0.15) is 30.4 Å². The molecule has 1 aromatic carbocycles. The average Bonchev–Trinajstić information content (AvgIpc) is 2.54. The molecule has 1 fully saturated rings. The third kappa shape index (κ3) is 4.94. The Hall–Kier alpha value is -1.61. The molecule has 0 saturated carbocycles. The predicted molar refractivity (Wildman–Crippen MR) is 85.2 cm³/mol. The van der Waals surface area contributed by atoms with Gasteiger partial charge in [0, 0.05) is 18.7 Å². The molecule has 0 aromatic heterocycles. The zero-order chi connectivity index (χ0) is 17.7. The monoisotopic (exact) mass is 356 g/mol. The Morgan fingerprint density at radius 3 is 2.38 bits per heavy atom. The molecule has 8 heteroatoms. The molecule has 0 radical (unpaired) electrons. The van der Waals surface area contributed by atoms with E-state index in [9.17, 15) is 19.8 Å². The fraction of sp³-hybridized carbons (Fsp3) is 0.500. The lowest BCUT2D eigenvalue weighted by Gasteiger charge is -2.41. The third-order valence-corrected chi connectivity index (χ3v) is 4.56. The number of ether oxygens (including phenoxy) is 3. The van der Waals surface area contributed by atoms with Crippen molar-refractivity contribution in [3.05, 3.63) is 30.3 Å². The topological polar surface area (TPSA) is 102 Å².